The van der Waals surface area contributed by atoms with Gasteiger partial charge in [-0.25, -0.2) is 4.98 Å². The SMILES string of the molecule is [C-]#[N+]c1nc(C)nc2ccccc12. The third-order valence-electron chi connectivity index (χ3n) is 1.80. The quantitative estimate of drug-likeness (QED) is 0.567. The van der Waals surface area contributed by atoms with Crippen LogP contribution in [0.1, 0.15) is 5.82 Å². The van der Waals surface area contributed by atoms with E-state index in [4.69, 9.17) is 6.57 Å². The molecule has 0 unspecified atom stereocenters. The first-order valence-electron chi connectivity index (χ1n) is 3.92. The van der Waals surface area contributed by atoms with Crippen LogP contribution in [0.3, 0.4) is 0 Å². The molecule has 1 aromatic heterocycles. The third-order valence-corrected chi connectivity index (χ3v) is 1.80. The molecular weight excluding hydrogens is 162 g/mol. The maximum absolute atomic E-state index is 6.96. The summed E-state index contributed by atoms with van der Waals surface area (Å²) in [6.07, 6.45) is 0. The van der Waals surface area contributed by atoms with E-state index < -0.39 is 0 Å². The van der Waals surface area contributed by atoms with Crippen molar-refractivity contribution in [1.82, 2.24) is 9.97 Å². The van der Waals surface area contributed by atoms with Crippen LogP contribution in [0, 0.1) is 13.5 Å². The average molecular weight is 169 g/mol. The normalized spacial score (nSPS) is 9.85. The molecule has 0 fully saturated rings. The Hall–Kier alpha value is -1.95. The smallest absolute Gasteiger partial charge is 0.280 e. The van der Waals surface area contributed by atoms with Crippen molar-refractivity contribution >= 4 is 16.7 Å². The summed E-state index contributed by atoms with van der Waals surface area (Å²) < 4.78 is 0. The van der Waals surface area contributed by atoms with Crippen LogP contribution in [0.25, 0.3) is 15.7 Å². The van der Waals surface area contributed by atoms with Crippen LogP contribution < -0.4 is 0 Å². The van der Waals surface area contributed by atoms with Crippen molar-refractivity contribution in [3.8, 4) is 0 Å². The van der Waals surface area contributed by atoms with Crippen LogP contribution in [0.4, 0.5) is 5.82 Å². The molecule has 1 aromatic carbocycles. The molecule has 1 heterocycles. The number of aromatic nitrogens is 2. The summed E-state index contributed by atoms with van der Waals surface area (Å²) in [4.78, 5) is 11.6. The Balaban J connectivity index is 2.91. The molecule has 0 aliphatic carbocycles. The zero-order chi connectivity index (χ0) is 9.26. The van der Waals surface area contributed by atoms with Crippen LogP contribution in [-0.4, -0.2) is 9.97 Å². The second kappa shape index (κ2) is 2.83. The number of fused-ring (bicyclic) bond motifs is 1. The molecule has 0 amide bonds. The summed E-state index contributed by atoms with van der Waals surface area (Å²) >= 11 is 0. The first kappa shape index (κ1) is 7.69. The standard InChI is InChI=1S/C10H7N3/c1-7-12-9-6-4-3-5-8(9)10(11-2)13-7/h3-6H,1H3. The minimum atomic E-state index is 0.433. The molecule has 0 spiro atoms. The van der Waals surface area contributed by atoms with Crippen LogP contribution in [-0.2, 0) is 0 Å². The molecule has 3 nitrogen and oxygen atoms in total. The van der Waals surface area contributed by atoms with Crippen LogP contribution in [0.2, 0.25) is 0 Å². The summed E-state index contributed by atoms with van der Waals surface area (Å²) in [7, 11) is 0. The Labute approximate surface area is 75.9 Å². The van der Waals surface area contributed by atoms with Gasteiger partial charge in [0.15, 0.2) is 0 Å². The number of hydrogen-bond acceptors (Lipinski definition) is 2. The molecule has 0 aliphatic heterocycles. The topological polar surface area (TPSA) is 30.1 Å². The van der Waals surface area contributed by atoms with Gasteiger partial charge in [-0.15, -0.1) is 4.98 Å². The van der Waals surface area contributed by atoms with E-state index in [2.05, 4.69) is 14.8 Å². The minimum absolute atomic E-state index is 0.433. The maximum atomic E-state index is 6.96. The highest BCUT2D eigenvalue weighted by Gasteiger charge is 2.04. The summed E-state index contributed by atoms with van der Waals surface area (Å²) in [5.41, 5.74) is 0.834. The van der Waals surface area contributed by atoms with E-state index in [0.717, 1.165) is 10.9 Å². The Kier molecular flexibility index (Phi) is 1.67. The molecule has 0 saturated carbocycles. The number of rotatable bonds is 0. The second-order valence-corrected chi connectivity index (χ2v) is 2.72. The lowest BCUT2D eigenvalue weighted by Crippen LogP contribution is -1.87. The fourth-order valence-corrected chi connectivity index (χ4v) is 1.26. The van der Waals surface area contributed by atoms with E-state index in [0.29, 0.717) is 11.6 Å². The second-order valence-electron chi connectivity index (χ2n) is 2.72. The van der Waals surface area contributed by atoms with Gasteiger partial charge in [-0.3, -0.25) is 0 Å². The molecule has 2 aromatic rings. The molecule has 0 atom stereocenters. The van der Waals surface area contributed by atoms with E-state index in [9.17, 15) is 0 Å². The van der Waals surface area contributed by atoms with Crippen molar-refractivity contribution in [1.29, 1.82) is 0 Å². The van der Waals surface area contributed by atoms with Crippen LogP contribution in [0.5, 0.6) is 0 Å². The average Bonchev–Trinajstić information content (AvgIpc) is 2.16. The van der Waals surface area contributed by atoms with Crippen molar-refractivity contribution in [3.05, 3.63) is 41.5 Å². The number of para-hydroxylation sites is 1. The van der Waals surface area contributed by atoms with Gasteiger partial charge in [0.05, 0.1) is 5.52 Å². The van der Waals surface area contributed by atoms with E-state index in [-0.39, 0.29) is 0 Å². The maximum Gasteiger partial charge on any atom is 0.280 e. The Bertz CT molecular complexity index is 497. The van der Waals surface area contributed by atoms with Gasteiger partial charge < -0.3 is 4.85 Å². The Morgan fingerprint density at radius 1 is 1.23 bits per heavy atom. The van der Waals surface area contributed by atoms with Crippen LogP contribution >= 0.6 is 0 Å². The Morgan fingerprint density at radius 3 is 2.77 bits per heavy atom. The number of benzene rings is 1. The van der Waals surface area contributed by atoms with Gasteiger partial charge in [0.1, 0.15) is 0 Å². The van der Waals surface area contributed by atoms with Crippen molar-refractivity contribution in [3.63, 3.8) is 0 Å². The highest BCUT2D eigenvalue weighted by Crippen LogP contribution is 2.21. The van der Waals surface area contributed by atoms with E-state index in [1.165, 1.54) is 0 Å². The first-order chi connectivity index (χ1) is 6.31. The lowest BCUT2D eigenvalue weighted by molar-refractivity contribution is 1.10. The summed E-state index contributed by atoms with van der Waals surface area (Å²) in [5, 5.41) is 0.822. The van der Waals surface area contributed by atoms with Gasteiger partial charge in [0.2, 0.25) is 5.82 Å². The molecule has 0 aliphatic rings. The van der Waals surface area contributed by atoms with Crippen molar-refractivity contribution < 1.29 is 0 Å². The van der Waals surface area contributed by atoms with Crippen molar-refractivity contribution in [2.45, 2.75) is 6.92 Å². The lowest BCUT2D eigenvalue weighted by atomic mass is 10.2. The van der Waals surface area contributed by atoms with E-state index in [1.54, 1.807) is 6.92 Å². The fraction of sp³-hybridized carbons (Fsp3) is 0.100. The minimum Gasteiger partial charge on any atom is -0.360 e. The molecule has 0 saturated heterocycles. The molecule has 0 N–H and O–H groups in total. The first-order valence-corrected chi connectivity index (χ1v) is 3.92. The summed E-state index contributed by atoms with van der Waals surface area (Å²) in [6, 6.07) is 7.54. The predicted octanol–water partition coefficient (Wildman–Crippen LogP) is 2.49. The van der Waals surface area contributed by atoms with Crippen molar-refractivity contribution in [2.24, 2.45) is 0 Å². The van der Waals surface area contributed by atoms with Crippen molar-refractivity contribution in [2.75, 3.05) is 0 Å². The summed E-state index contributed by atoms with van der Waals surface area (Å²) in [5.74, 6) is 1.08. The van der Waals surface area contributed by atoms with Gasteiger partial charge in [-0.05, 0) is 6.07 Å². The van der Waals surface area contributed by atoms with E-state index >= 15 is 0 Å². The molecule has 62 valence electrons. The third kappa shape index (κ3) is 1.23. The monoisotopic (exact) mass is 169 g/mol. The largest absolute Gasteiger partial charge is 0.360 e. The zero-order valence-corrected chi connectivity index (χ0v) is 7.15. The van der Waals surface area contributed by atoms with Crippen LogP contribution in [0.15, 0.2) is 24.3 Å². The molecule has 2 rings (SSSR count). The van der Waals surface area contributed by atoms with Gasteiger partial charge >= 0.3 is 0 Å². The number of nitrogens with zero attached hydrogens (tertiary/aromatic N) is 3. The van der Waals surface area contributed by atoms with E-state index in [1.807, 2.05) is 24.3 Å². The lowest BCUT2D eigenvalue weighted by Gasteiger charge is -1.97. The summed E-state index contributed by atoms with van der Waals surface area (Å²) in [6.45, 7) is 8.75. The van der Waals surface area contributed by atoms with Gasteiger partial charge in [-0.2, -0.15) is 0 Å². The molecule has 3 heteroatoms. The van der Waals surface area contributed by atoms with Gasteiger partial charge in [0, 0.05) is 12.3 Å². The number of hydrogen-bond donors (Lipinski definition) is 0. The zero-order valence-electron chi connectivity index (χ0n) is 7.15. The van der Waals surface area contributed by atoms with Gasteiger partial charge in [-0.1, -0.05) is 24.8 Å². The predicted molar refractivity (Wildman–Crippen MR) is 50.5 cm³/mol. The molecule has 13 heavy (non-hydrogen) atoms. The highest BCUT2D eigenvalue weighted by atomic mass is 15.0. The highest BCUT2D eigenvalue weighted by molar-refractivity contribution is 5.89. The molecule has 0 radical (unpaired) electrons. The molecular formula is C10H7N3. The molecule has 0 bridgehead atoms. The Morgan fingerprint density at radius 2 is 2.00 bits per heavy atom. The number of aryl methyl sites for hydroxylation is 1. The fourth-order valence-electron chi connectivity index (χ4n) is 1.26. The van der Waals surface area contributed by atoms with Gasteiger partial charge in [0.25, 0.3) is 5.82 Å².